The minimum Gasteiger partial charge on any atom is -0.497 e. The van der Waals surface area contributed by atoms with Gasteiger partial charge in [0.25, 0.3) is 0 Å². The van der Waals surface area contributed by atoms with Crippen molar-refractivity contribution in [3.63, 3.8) is 0 Å². The molecule has 0 saturated carbocycles. The van der Waals surface area contributed by atoms with Crippen molar-refractivity contribution in [2.24, 2.45) is 0 Å². The fourth-order valence-electron chi connectivity index (χ4n) is 3.02. The third kappa shape index (κ3) is 4.73. The second kappa shape index (κ2) is 9.52. The van der Waals surface area contributed by atoms with Crippen LogP contribution in [0.1, 0.15) is 22.8 Å². The number of nitrogens with one attached hydrogen (secondary N) is 1. The standard InChI is InChI=1S/C23H21N5O3S/c1-16(29)18-6-5-7-19(14-18)24-21-22(30)28(27-12-3-4-13-27)23(26-25-21)32-15-17-8-10-20(31-2)11-9-17/h3-14H,15H2,1-2H3,(H,24,25). The zero-order chi connectivity index (χ0) is 22.5. The maximum atomic E-state index is 13.3. The highest BCUT2D eigenvalue weighted by Gasteiger charge is 2.15. The van der Waals surface area contributed by atoms with E-state index in [1.165, 1.54) is 23.4 Å². The van der Waals surface area contributed by atoms with E-state index in [9.17, 15) is 9.59 Å². The van der Waals surface area contributed by atoms with Crippen LogP contribution < -0.4 is 15.6 Å². The Kier molecular flexibility index (Phi) is 6.37. The summed E-state index contributed by atoms with van der Waals surface area (Å²) in [6.45, 7) is 1.49. The van der Waals surface area contributed by atoms with E-state index < -0.39 is 0 Å². The van der Waals surface area contributed by atoms with Crippen LogP contribution in [0.5, 0.6) is 5.75 Å². The summed E-state index contributed by atoms with van der Waals surface area (Å²) in [5.74, 6) is 1.39. The topological polar surface area (TPSA) is 91.0 Å². The predicted molar refractivity (Wildman–Crippen MR) is 124 cm³/mol. The number of anilines is 2. The van der Waals surface area contributed by atoms with Crippen LogP contribution in [0.3, 0.4) is 0 Å². The first kappa shape index (κ1) is 21.4. The minimum atomic E-state index is -0.360. The molecular weight excluding hydrogens is 426 g/mol. The van der Waals surface area contributed by atoms with E-state index in [1.807, 2.05) is 36.4 Å². The average molecular weight is 448 g/mol. The molecule has 2 aromatic heterocycles. The fourth-order valence-corrected chi connectivity index (χ4v) is 3.90. The summed E-state index contributed by atoms with van der Waals surface area (Å²) >= 11 is 1.40. The van der Waals surface area contributed by atoms with Crippen LogP contribution in [0.4, 0.5) is 11.5 Å². The molecule has 9 heteroatoms. The number of Topliss-reactive ketones (excluding diaryl/α,β-unsaturated/α-hetero) is 1. The van der Waals surface area contributed by atoms with Gasteiger partial charge in [-0.15, -0.1) is 10.2 Å². The Morgan fingerprint density at radius 2 is 1.81 bits per heavy atom. The molecular formula is C23H21N5O3S. The van der Waals surface area contributed by atoms with Gasteiger partial charge in [0.15, 0.2) is 5.78 Å². The molecule has 1 N–H and O–H groups in total. The van der Waals surface area contributed by atoms with Crippen molar-refractivity contribution in [2.75, 3.05) is 12.4 Å². The molecule has 4 aromatic rings. The first-order valence-corrected chi connectivity index (χ1v) is 10.8. The predicted octanol–water partition coefficient (Wildman–Crippen LogP) is 4.00. The Bertz CT molecular complexity index is 1280. The lowest BCUT2D eigenvalue weighted by Crippen LogP contribution is -2.30. The summed E-state index contributed by atoms with van der Waals surface area (Å²) in [7, 11) is 1.63. The van der Waals surface area contributed by atoms with Crippen LogP contribution in [0.2, 0.25) is 0 Å². The van der Waals surface area contributed by atoms with Gasteiger partial charge < -0.3 is 10.1 Å². The molecule has 0 radical (unpaired) electrons. The van der Waals surface area contributed by atoms with Crippen molar-refractivity contribution in [2.45, 2.75) is 17.8 Å². The normalized spacial score (nSPS) is 10.7. The molecule has 8 nitrogen and oxygen atoms in total. The van der Waals surface area contributed by atoms with Gasteiger partial charge in [0.2, 0.25) is 11.0 Å². The Hall–Kier alpha value is -3.85. The number of hydrogen-bond acceptors (Lipinski definition) is 7. The van der Waals surface area contributed by atoms with E-state index in [1.54, 1.807) is 48.4 Å². The third-order valence-corrected chi connectivity index (χ3v) is 5.68. The summed E-state index contributed by atoms with van der Waals surface area (Å²) in [4.78, 5) is 24.9. The quantitative estimate of drug-likeness (QED) is 0.322. The van der Waals surface area contributed by atoms with Crippen LogP contribution in [0.25, 0.3) is 0 Å². The van der Waals surface area contributed by atoms with Crippen molar-refractivity contribution < 1.29 is 9.53 Å². The highest BCUT2D eigenvalue weighted by Crippen LogP contribution is 2.22. The molecule has 0 amide bonds. The second-order valence-electron chi connectivity index (χ2n) is 6.91. The highest BCUT2D eigenvalue weighted by molar-refractivity contribution is 7.98. The van der Waals surface area contributed by atoms with Crippen molar-refractivity contribution in [3.05, 3.63) is 94.5 Å². The lowest BCUT2D eigenvalue weighted by Gasteiger charge is -2.14. The van der Waals surface area contributed by atoms with Crippen LogP contribution >= 0.6 is 11.8 Å². The molecule has 0 saturated heterocycles. The number of carbonyl (C=O) groups is 1. The summed E-state index contributed by atoms with van der Waals surface area (Å²) in [5, 5.41) is 11.9. The molecule has 2 heterocycles. The lowest BCUT2D eigenvalue weighted by atomic mass is 10.1. The van der Waals surface area contributed by atoms with Crippen LogP contribution in [0.15, 0.2) is 83.0 Å². The van der Waals surface area contributed by atoms with Gasteiger partial charge in [0.05, 0.1) is 7.11 Å². The van der Waals surface area contributed by atoms with Crippen molar-refractivity contribution in [1.82, 2.24) is 19.5 Å². The third-order valence-electron chi connectivity index (χ3n) is 4.69. The van der Waals surface area contributed by atoms with E-state index in [4.69, 9.17) is 4.74 Å². The largest absolute Gasteiger partial charge is 0.497 e. The number of nitrogens with zero attached hydrogens (tertiary/aromatic N) is 4. The highest BCUT2D eigenvalue weighted by atomic mass is 32.2. The SMILES string of the molecule is COc1ccc(CSc2nnc(Nc3cccc(C(C)=O)c3)c(=O)n2-n2cccc2)cc1. The minimum absolute atomic E-state index is 0.0604. The number of benzene rings is 2. The number of rotatable bonds is 8. The molecule has 32 heavy (non-hydrogen) atoms. The van der Waals surface area contributed by atoms with Gasteiger partial charge in [0, 0.05) is 29.4 Å². The summed E-state index contributed by atoms with van der Waals surface area (Å²) in [6.07, 6.45) is 3.53. The van der Waals surface area contributed by atoms with Gasteiger partial charge in [-0.05, 0) is 48.9 Å². The Morgan fingerprint density at radius 3 is 2.50 bits per heavy atom. The van der Waals surface area contributed by atoms with Crippen molar-refractivity contribution in [1.29, 1.82) is 0 Å². The molecule has 0 spiro atoms. The summed E-state index contributed by atoms with van der Waals surface area (Å²) < 4.78 is 8.31. The number of aromatic nitrogens is 4. The molecule has 0 aliphatic heterocycles. The van der Waals surface area contributed by atoms with E-state index in [-0.39, 0.29) is 17.2 Å². The molecule has 162 valence electrons. The zero-order valence-corrected chi connectivity index (χ0v) is 18.4. The summed E-state index contributed by atoms with van der Waals surface area (Å²) in [6, 6.07) is 18.3. The van der Waals surface area contributed by atoms with Gasteiger partial charge in [0.1, 0.15) is 5.75 Å². The molecule has 0 aliphatic rings. The molecule has 2 aromatic carbocycles. The number of carbonyl (C=O) groups excluding carboxylic acids is 1. The van der Waals surface area contributed by atoms with Gasteiger partial charge >= 0.3 is 5.56 Å². The molecule has 0 unspecified atom stereocenters. The van der Waals surface area contributed by atoms with E-state index in [2.05, 4.69) is 15.5 Å². The molecule has 4 rings (SSSR count). The first-order valence-electron chi connectivity index (χ1n) is 9.82. The molecule has 0 bridgehead atoms. The number of ether oxygens (including phenoxy) is 1. The molecule has 0 fully saturated rings. The maximum absolute atomic E-state index is 13.3. The van der Waals surface area contributed by atoms with E-state index >= 15 is 0 Å². The number of methoxy groups -OCH3 is 1. The van der Waals surface area contributed by atoms with Gasteiger partial charge in [-0.2, -0.15) is 4.68 Å². The number of ketones is 1. The van der Waals surface area contributed by atoms with Crippen molar-refractivity contribution >= 4 is 29.1 Å². The second-order valence-corrected chi connectivity index (χ2v) is 7.85. The Labute approximate surface area is 188 Å². The van der Waals surface area contributed by atoms with Gasteiger partial charge in [-0.3, -0.25) is 14.3 Å². The van der Waals surface area contributed by atoms with Crippen molar-refractivity contribution in [3.8, 4) is 5.75 Å². The number of hydrogen-bond donors (Lipinski definition) is 1. The fraction of sp³-hybridized carbons (Fsp3) is 0.130. The molecule has 0 atom stereocenters. The average Bonchev–Trinajstić information content (AvgIpc) is 3.34. The molecule has 0 aliphatic carbocycles. The first-order chi connectivity index (χ1) is 15.5. The maximum Gasteiger partial charge on any atom is 0.316 e. The smallest absolute Gasteiger partial charge is 0.316 e. The van der Waals surface area contributed by atoms with E-state index in [0.717, 1.165) is 11.3 Å². The lowest BCUT2D eigenvalue weighted by molar-refractivity contribution is 0.101. The summed E-state index contributed by atoms with van der Waals surface area (Å²) in [5.41, 5.74) is 1.83. The van der Waals surface area contributed by atoms with E-state index in [0.29, 0.717) is 22.2 Å². The van der Waals surface area contributed by atoms with Crippen LogP contribution in [-0.4, -0.2) is 32.4 Å². The zero-order valence-electron chi connectivity index (χ0n) is 17.6. The van der Waals surface area contributed by atoms with Gasteiger partial charge in [-0.25, -0.2) is 0 Å². The van der Waals surface area contributed by atoms with Crippen LogP contribution in [0, 0.1) is 0 Å². The van der Waals surface area contributed by atoms with Crippen LogP contribution in [-0.2, 0) is 5.75 Å². The Morgan fingerprint density at radius 1 is 1.06 bits per heavy atom. The number of thioether (sulfide) groups is 1. The van der Waals surface area contributed by atoms with Gasteiger partial charge in [-0.1, -0.05) is 36.0 Å². The Balaban J connectivity index is 1.64. The monoisotopic (exact) mass is 447 g/mol.